The number of carbonyl (C=O) groups is 2. The van der Waals surface area contributed by atoms with Crippen LogP contribution in [0.25, 0.3) is 0 Å². The quantitative estimate of drug-likeness (QED) is 0.0211. The van der Waals surface area contributed by atoms with Gasteiger partial charge in [0.2, 0.25) is 0 Å². The van der Waals surface area contributed by atoms with E-state index in [9.17, 15) is 19.0 Å². The summed E-state index contributed by atoms with van der Waals surface area (Å²) in [5.41, 5.74) is 0. The maximum absolute atomic E-state index is 12.8. The third kappa shape index (κ3) is 55.5. The highest BCUT2D eigenvalue weighted by molar-refractivity contribution is 7.47. The van der Waals surface area contributed by atoms with Crippen molar-refractivity contribution in [3.8, 4) is 0 Å². The first-order chi connectivity index (χ1) is 34.0. The van der Waals surface area contributed by atoms with E-state index >= 15 is 0 Å². The molecule has 0 saturated carbocycles. The second-order valence-electron chi connectivity index (χ2n) is 21.4. The Morgan fingerprint density at radius 1 is 0.443 bits per heavy atom. The Hall–Kier alpha value is -1.77. The van der Waals surface area contributed by atoms with Gasteiger partial charge < -0.3 is 18.9 Å². The molecule has 0 radical (unpaired) electrons. The highest BCUT2D eigenvalue weighted by Crippen LogP contribution is 2.43. The minimum absolute atomic E-state index is 0.0323. The lowest BCUT2D eigenvalue weighted by Gasteiger charge is -2.24. The van der Waals surface area contributed by atoms with Crippen molar-refractivity contribution in [3.63, 3.8) is 0 Å². The maximum atomic E-state index is 12.8. The van der Waals surface area contributed by atoms with Gasteiger partial charge in [-0.15, -0.1) is 0 Å². The van der Waals surface area contributed by atoms with Crippen molar-refractivity contribution in [3.05, 3.63) is 36.5 Å². The summed E-state index contributed by atoms with van der Waals surface area (Å²) in [4.78, 5) is 35.6. The molecule has 0 saturated heterocycles. The van der Waals surface area contributed by atoms with Crippen LogP contribution in [-0.2, 0) is 32.7 Å². The normalized spacial score (nSPS) is 13.5. The molecule has 0 rings (SSSR count). The van der Waals surface area contributed by atoms with Crippen molar-refractivity contribution in [2.75, 3.05) is 47.5 Å². The number of phosphoric ester groups is 1. The predicted molar refractivity (Wildman–Crippen MR) is 298 cm³/mol. The molecule has 70 heavy (non-hydrogen) atoms. The summed E-state index contributed by atoms with van der Waals surface area (Å²) in [6.45, 7) is 4.43. The molecule has 412 valence electrons. The van der Waals surface area contributed by atoms with Crippen molar-refractivity contribution >= 4 is 19.8 Å². The van der Waals surface area contributed by atoms with Crippen LogP contribution in [0.2, 0.25) is 0 Å². The average Bonchev–Trinajstić information content (AvgIpc) is 3.32. The summed E-state index contributed by atoms with van der Waals surface area (Å²) in [6.07, 6.45) is 63.8. The van der Waals surface area contributed by atoms with Crippen molar-refractivity contribution < 1.29 is 42.1 Å². The minimum atomic E-state index is -4.38. The van der Waals surface area contributed by atoms with Gasteiger partial charge in [-0.1, -0.05) is 237 Å². The zero-order valence-electron chi connectivity index (χ0n) is 46.8. The summed E-state index contributed by atoms with van der Waals surface area (Å²) in [7, 11) is 1.48. The lowest BCUT2D eigenvalue weighted by Crippen LogP contribution is -2.37. The highest BCUT2D eigenvalue weighted by Gasteiger charge is 2.27. The fraction of sp³-hybridized carbons (Fsp3) is 0.867. The van der Waals surface area contributed by atoms with Gasteiger partial charge >= 0.3 is 19.8 Å². The molecule has 2 atom stereocenters. The Kier molecular flexibility index (Phi) is 50.8. The Balaban J connectivity index is 3.98. The number of ether oxygens (including phenoxy) is 2. The molecule has 0 bridgehead atoms. The molecule has 0 aliphatic heterocycles. The van der Waals surface area contributed by atoms with Crippen LogP contribution in [-0.4, -0.2) is 74.9 Å². The van der Waals surface area contributed by atoms with E-state index in [1.54, 1.807) is 0 Å². The van der Waals surface area contributed by atoms with Gasteiger partial charge in [-0.05, 0) is 70.6 Å². The third-order valence-electron chi connectivity index (χ3n) is 13.1. The molecule has 1 N–H and O–H groups in total. The molecule has 0 aliphatic rings. The number of phosphoric acid groups is 1. The standard InChI is InChI=1S/C60H114NO8P/c1-6-8-10-12-14-16-18-20-21-22-23-24-25-26-27-28-29-30-31-32-33-34-35-36-37-38-39-41-43-45-47-49-51-53-60(63)69-58(57-68-70(64,65)67-55-54-61(3,4)5)56-66-59(62)52-50-48-46-44-42-40-19-17-15-13-11-9-7-2/h17-20,22-23,58H,6-16,21,24-57H2,1-5H3/p+1/b19-17-,20-18-,23-22-. The Morgan fingerprint density at radius 3 is 1.16 bits per heavy atom. The first kappa shape index (κ1) is 68.2. The number of rotatable bonds is 55. The van der Waals surface area contributed by atoms with Crippen LogP contribution >= 0.6 is 7.82 Å². The molecular weight excluding hydrogens is 894 g/mol. The number of carbonyl (C=O) groups excluding carboxylic acids is 2. The lowest BCUT2D eigenvalue weighted by atomic mass is 10.0. The molecule has 0 fully saturated rings. The Labute approximate surface area is 433 Å². The molecule has 0 aromatic carbocycles. The largest absolute Gasteiger partial charge is 0.472 e. The fourth-order valence-electron chi connectivity index (χ4n) is 8.51. The first-order valence-electron chi connectivity index (χ1n) is 29.7. The van der Waals surface area contributed by atoms with E-state index in [-0.39, 0.29) is 32.0 Å². The first-order valence-corrected chi connectivity index (χ1v) is 31.2. The topological polar surface area (TPSA) is 108 Å². The molecule has 0 spiro atoms. The molecule has 0 heterocycles. The van der Waals surface area contributed by atoms with Crippen LogP contribution in [0.3, 0.4) is 0 Å². The lowest BCUT2D eigenvalue weighted by molar-refractivity contribution is -0.870. The van der Waals surface area contributed by atoms with Gasteiger partial charge in [-0.25, -0.2) is 4.57 Å². The van der Waals surface area contributed by atoms with Crippen LogP contribution in [0.4, 0.5) is 0 Å². The van der Waals surface area contributed by atoms with Crippen molar-refractivity contribution in [2.24, 2.45) is 0 Å². The number of allylic oxidation sites excluding steroid dienone is 6. The summed E-state index contributed by atoms with van der Waals surface area (Å²) in [5, 5.41) is 0. The summed E-state index contributed by atoms with van der Waals surface area (Å²) in [6, 6.07) is 0. The van der Waals surface area contributed by atoms with Gasteiger partial charge in [-0.2, -0.15) is 0 Å². The van der Waals surface area contributed by atoms with Crippen LogP contribution in [0.1, 0.15) is 284 Å². The molecular formula is C60H115NO8P+. The number of hydrogen-bond acceptors (Lipinski definition) is 7. The van der Waals surface area contributed by atoms with Gasteiger partial charge in [0, 0.05) is 12.8 Å². The van der Waals surface area contributed by atoms with Crippen molar-refractivity contribution in [2.45, 2.75) is 290 Å². The predicted octanol–water partition coefficient (Wildman–Crippen LogP) is 18.4. The SMILES string of the molecule is CCCCCC/C=C\CCCCCCCC(=O)OCC(COP(=O)(O)OCC[N+](C)(C)C)OC(=O)CCCCCCCCCCCCCCCCCCCCCCC/C=C\C/C=C\CCCCCCC. The van der Waals surface area contributed by atoms with Crippen LogP contribution in [0, 0.1) is 0 Å². The number of unbranched alkanes of at least 4 members (excludes halogenated alkanes) is 35. The van der Waals surface area contributed by atoms with E-state index in [0.29, 0.717) is 17.4 Å². The molecule has 10 heteroatoms. The Morgan fingerprint density at radius 2 is 0.771 bits per heavy atom. The summed E-state index contributed by atoms with van der Waals surface area (Å²) in [5.74, 6) is -0.796. The van der Waals surface area contributed by atoms with E-state index < -0.39 is 26.5 Å². The van der Waals surface area contributed by atoms with Crippen LogP contribution in [0.15, 0.2) is 36.5 Å². The smallest absolute Gasteiger partial charge is 0.462 e. The van der Waals surface area contributed by atoms with Gasteiger partial charge in [-0.3, -0.25) is 18.6 Å². The van der Waals surface area contributed by atoms with Crippen LogP contribution in [0.5, 0.6) is 0 Å². The zero-order valence-corrected chi connectivity index (χ0v) is 47.7. The van der Waals surface area contributed by atoms with E-state index in [4.69, 9.17) is 18.5 Å². The summed E-state index contributed by atoms with van der Waals surface area (Å²) < 4.78 is 34.5. The number of hydrogen-bond donors (Lipinski definition) is 1. The van der Waals surface area contributed by atoms with Gasteiger partial charge in [0.15, 0.2) is 6.10 Å². The third-order valence-corrected chi connectivity index (χ3v) is 14.1. The van der Waals surface area contributed by atoms with Gasteiger partial charge in [0.1, 0.15) is 19.8 Å². The van der Waals surface area contributed by atoms with Gasteiger partial charge in [0.25, 0.3) is 0 Å². The summed E-state index contributed by atoms with van der Waals surface area (Å²) >= 11 is 0. The number of likely N-dealkylation sites (N-methyl/N-ethyl adjacent to an activating group) is 1. The minimum Gasteiger partial charge on any atom is -0.462 e. The molecule has 0 amide bonds. The zero-order chi connectivity index (χ0) is 51.3. The second-order valence-corrected chi connectivity index (χ2v) is 22.8. The van der Waals surface area contributed by atoms with E-state index in [2.05, 4.69) is 50.3 Å². The fourth-order valence-corrected chi connectivity index (χ4v) is 9.25. The van der Waals surface area contributed by atoms with E-state index in [0.717, 1.165) is 57.8 Å². The monoisotopic (exact) mass is 1010 g/mol. The van der Waals surface area contributed by atoms with Gasteiger partial charge in [0.05, 0.1) is 27.7 Å². The molecule has 0 aliphatic carbocycles. The van der Waals surface area contributed by atoms with E-state index in [1.807, 2.05) is 21.1 Å². The maximum Gasteiger partial charge on any atom is 0.472 e. The molecule has 0 aromatic heterocycles. The number of quaternary nitrogens is 1. The highest BCUT2D eigenvalue weighted by atomic mass is 31.2. The molecule has 0 aromatic rings. The second kappa shape index (κ2) is 52.1. The molecule has 2 unspecified atom stereocenters. The van der Waals surface area contributed by atoms with Crippen molar-refractivity contribution in [1.29, 1.82) is 0 Å². The van der Waals surface area contributed by atoms with Crippen LogP contribution < -0.4 is 0 Å². The Bertz CT molecular complexity index is 1280. The van der Waals surface area contributed by atoms with Crippen molar-refractivity contribution in [1.82, 2.24) is 0 Å². The number of esters is 2. The number of nitrogens with zero attached hydrogens (tertiary/aromatic N) is 1. The average molecular weight is 1010 g/mol. The molecule has 9 nitrogen and oxygen atoms in total. The van der Waals surface area contributed by atoms with E-state index in [1.165, 1.54) is 193 Å².